The zero-order chi connectivity index (χ0) is 11.4. The molecule has 0 aromatic carbocycles. The summed E-state index contributed by atoms with van der Waals surface area (Å²) in [5.74, 6) is 0. The second-order valence-corrected chi connectivity index (χ2v) is 3.80. The van der Waals surface area contributed by atoms with Crippen LogP contribution >= 0.6 is 27.5 Å². The molecule has 0 atom stereocenters. The third-order valence-electron chi connectivity index (χ3n) is 1.86. The van der Waals surface area contributed by atoms with Crippen LogP contribution in [0.1, 0.15) is 20.8 Å². The van der Waals surface area contributed by atoms with Gasteiger partial charge >= 0.3 is 0 Å². The first-order valence-corrected chi connectivity index (χ1v) is 6.06. The van der Waals surface area contributed by atoms with Crippen LogP contribution in [0, 0.1) is 0 Å². The monoisotopic (exact) mass is 289 g/mol. The molecule has 2 aromatic rings. The van der Waals surface area contributed by atoms with E-state index in [9.17, 15) is 0 Å². The third-order valence-corrected chi connectivity index (χ3v) is 2.53. The lowest BCUT2D eigenvalue weighted by atomic mass is 10.4. The number of halogens is 2. The molecule has 0 aliphatic carbocycles. The Morgan fingerprint density at radius 2 is 2.13 bits per heavy atom. The van der Waals surface area contributed by atoms with E-state index in [1.165, 1.54) is 0 Å². The molecule has 15 heavy (non-hydrogen) atoms. The van der Waals surface area contributed by atoms with Crippen LogP contribution in [0.4, 0.5) is 0 Å². The van der Waals surface area contributed by atoms with E-state index in [0.717, 1.165) is 17.6 Å². The summed E-state index contributed by atoms with van der Waals surface area (Å²) < 4.78 is 2.68. The molecule has 3 nitrogen and oxygen atoms in total. The summed E-state index contributed by atoms with van der Waals surface area (Å²) in [6, 6.07) is 1.85. The Labute approximate surface area is 103 Å². The maximum absolute atomic E-state index is 5.99. The molecule has 0 aliphatic rings. The SMILES string of the molecule is CC.CCn1cnc2cc(Br)nc(Cl)c21. The van der Waals surface area contributed by atoms with Crippen LogP contribution in [-0.2, 0) is 6.54 Å². The van der Waals surface area contributed by atoms with Crippen LogP contribution in [0.15, 0.2) is 17.0 Å². The zero-order valence-electron chi connectivity index (χ0n) is 8.96. The fraction of sp³-hybridized carbons (Fsp3) is 0.400. The van der Waals surface area contributed by atoms with Crippen molar-refractivity contribution in [3.63, 3.8) is 0 Å². The minimum atomic E-state index is 0.490. The van der Waals surface area contributed by atoms with E-state index < -0.39 is 0 Å². The number of aromatic nitrogens is 3. The summed E-state index contributed by atoms with van der Waals surface area (Å²) in [6.45, 7) is 6.89. The summed E-state index contributed by atoms with van der Waals surface area (Å²) in [6.07, 6.45) is 1.77. The van der Waals surface area contributed by atoms with Crippen LogP contribution in [0.3, 0.4) is 0 Å². The van der Waals surface area contributed by atoms with Gasteiger partial charge < -0.3 is 4.57 Å². The molecule has 2 heterocycles. The minimum absolute atomic E-state index is 0.490. The van der Waals surface area contributed by atoms with Crippen LogP contribution < -0.4 is 0 Å². The molecular formula is C10H13BrClN3. The standard InChI is InChI=1S/C8H7BrClN3.C2H6/c1-2-13-4-11-5-3-6(9)12-8(10)7(5)13;1-2/h3-4H,2H2,1H3;1-2H3. The van der Waals surface area contributed by atoms with Gasteiger partial charge in [0, 0.05) is 6.54 Å². The quantitative estimate of drug-likeness (QED) is 0.746. The van der Waals surface area contributed by atoms with E-state index in [4.69, 9.17) is 11.6 Å². The van der Waals surface area contributed by atoms with E-state index in [1.807, 2.05) is 31.4 Å². The highest BCUT2D eigenvalue weighted by Crippen LogP contribution is 2.23. The van der Waals surface area contributed by atoms with Crippen LogP contribution in [0.25, 0.3) is 11.0 Å². The molecule has 0 aliphatic heterocycles. The van der Waals surface area contributed by atoms with Gasteiger partial charge in [0.2, 0.25) is 0 Å². The molecule has 0 amide bonds. The first-order valence-electron chi connectivity index (χ1n) is 4.89. The molecule has 2 aromatic heterocycles. The molecule has 0 unspecified atom stereocenters. The van der Waals surface area contributed by atoms with Crippen molar-refractivity contribution in [3.05, 3.63) is 22.1 Å². The lowest BCUT2D eigenvalue weighted by Gasteiger charge is -2.00. The predicted molar refractivity (Wildman–Crippen MR) is 67.3 cm³/mol. The minimum Gasteiger partial charge on any atom is -0.328 e. The average Bonchev–Trinajstić information content (AvgIpc) is 2.63. The summed E-state index contributed by atoms with van der Waals surface area (Å²) in [7, 11) is 0. The Kier molecular flexibility index (Phi) is 4.54. The maximum atomic E-state index is 5.99. The predicted octanol–water partition coefficient (Wildman–Crippen LogP) is 3.89. The van der Waals surface area contributed by atoms with Crippen molar-refractivity contribution < 1.29 is 0 Å². The van der Waals surface area contributed by atoms with E-state index in [2.05, 4.69) is 25.9 Å². The smallest absolute Gasteiger partial charge is 0.156 e. The highest BCUT2D eigenvalue weighted by Gasteiger charge is 2.07. The third kappa shape index (κ3) is 2.49. The number of pyridine rings is 1. The van der Waals surface area contributed by atoms with Gasteiger partial charge in [0.05, 0.1) is 11.8 Å². The molecule has 0 saturated carbocycles. The van der Waals surface area contributed by atoms with Gasteiger partial charge in [-0.2, -0.15) is 0 Å². The first-order chi connectivity index (χ1) is 7.22. The van der Waals surface area contributed by atoms with E-state index in [-0.39, 0.29) is 0 Å². The number of rotatable bonds is 1. The molecule has 82 valence electrons. The fourth-order valence-corrected chi connectivity index (χ4v) is 2.05. The highest BCUT2D eigenvalue weighted by atomic mass is 79.9. The molecule has 2 rings (SSSR count). The fourth-order valence-electron chi connectivity index (χ4n) is 1.26. The van der Waals surface area contributed by atoms with Gasteiger partial charge in [-0.15, -0.1) is 0 Å². The van der Waals surface area contributed by atoms with Gasteiger partial charge in [0.1, 0.15) is 10.1 Å². The average molecular weight is 291 g/mol. The molecule has 0 saturated heterocycles. The van der Waals surface area contributed by atoms with Gasteiger partial charge in [0.15, 0.2) is 5.15 Å². The number of hydrogen-bond acceptors (Lipinski definition) is 2. The number of imidazole rings is 1. The molecule has 0 fully saturated rings. The second kappa shape index (κ2) is 5.47. The molecule has 0 radical (unpaired) electrons. The summed E-state index contributed by atoms with van der Waals surface area (Å²) in [4.78, 5) is 8.32. The lowest BCUT2D eigenvalue weighted by molar-refractivity contribution is 0.786. The van der Waals surface area contributed by atoms with Gasteiger partial charge in [0.25, 0.3) is 0 Å². The highest BCUT2D eigenvalue weighted by molar-refractivity contribution is 9.10. The molecule has 0 spiro atoms. The Morgan fingerprint density at radius 1 is 1.47 bits per heavy atom. The zero-order valence-corrected chi connectivity index (χ0v) is 11.3. The summed E-state index contributed by atoms with van der Waals surface area (Å²) >= 11 is 9.26. The van der Waals surface area contributed by atoms with Crippen molar-refractivity contribution in [1.29, 1.82) is 0 Å². The van der Waals surface area contributed by atoms with Gasteiger partial charge in [-0.3, -0.25) is 0 Å². The van der Waals surface area contributed by atoms with Gasteiger partial charge in [-0.25, -0.2) is 9.97 Å². The van der Waals surface area contributed by atoms with Crippen LogP contribution in [0.5, 0.6) is 0 Å². The number of fused-ring (bicyclic) bond motifs is 1. The Bertz CT molecular complexity index is 453. The van der Waals surface area contributed by atoms with Crippen molar-refractivity contribution in [2.45, 2.75) is 27.3 Å². The molecular weight excluding hydrogens is 277 g/mol. The molecule has 0 N–H and O–H groups in total. The molecule has 5 heteroatoms. The maximum Gasteiger partial charge on any atom is 0.156 e. The molecule has 0 bridgehead atoms. The number of nitrogens with zero attached hydrogens (tertiary/aromatic N) is 3. The van der Waals surface area contributed by atoms with E-state index >= 15 is 0 Å². The Balaban J connectivity index is 0.000000531. The topological polar surface area (TPSA) is 30.7 Å². The van der Waals surface area contributed by atoms with Crippen LogP contribution in [0.2, 0.25) is 5.15 Å². The van der Waals surface area contributed by atoms with Crippen LogP contribution in [-0.4, -0.2) is 14.5 Å². The Hall–Kier alpha value is -0.610. The van der Waals surface area contributed by atoms with E-state index in [0.29, 0.717) is 9.76 Å². The van der Waals surface area contributed by atoms with E-state index in [1.54, 1.807) is 6.33 Å². The van der Waals surface area contributed by atoms with Crippen molar-refractivity contribution >= 4 is 38.6 Å². The lowest BCUT2D eigenvalue weighted by Crippen LogP contribution is -1.92. The summed E-state index contributed by atoms with van der Waals surface area (Å²) in [5.41, 5.74) is 1.76. The summed E-state index contributed by atoms with van der Waals surface area (Å²) in [5, 5.41) is 0.490. The van der Waals surface area contributed by atoms with Gasteiger partial charge in [-0.1, -0.05) is 25.4 Å². The van der Waals surface area contributed by atoms with Gasteiger partial charge in [-0.05, 0) is 28.9 Å². The number of hydrogen-bond donors (Lipinski definition) is 0. The second-order valence-electron chi connectivity index (χ2n) is 2.63. The largest absolute Gasteiger partial charge is 0.328 e. The van der Waals surface area contributed by atoms with Crippen molar-refractivity contribution in [1.82, 2.24) is 14.5 Å². The van der Waals surface area contributed by atoms with Crippen molar-refractivity contribution in [3.8, 4) is 0 Å². The van der Waals surface area contributed by atoms with Crippen molar-refractivity contribution in [2.24, 2.45) is 0 Å². The normalized spacial score (nSPS) is 9.93. The first kappa shape index (κ1) is 12.5. The van der Waals surface area contributed by atoms with Crippen molar-refractivity contribution in [2.75, 3.05) is 0 Å². The Morgan fingerprint density at radius 3 is 2.73 bits per heavy atom. The number of aryl methyl sites for hydroxylation is 1.